The molecule has 0 saturated carbocycles. The summed E-state index contributed by atoms with van der Waals surface area (Å²) < 4.78 is 77.3. The zero-order chi connectivity index (χ0) is 75.9. The van der Waals surface area contributed by atoms with Crippen LogP contribution in [0.1, 0.15) is 94.7 Å². The number of aliphatic carboxylic acids is 1. The molecule has 12 rings (SSSR count). The van der Waals surface area contributed by atoms with Crippen LogP contribution in [0.25, 0.3) is 0 Å². The van der Waals surface area contributed by atoms with E-state index in [1.807, 2.05) is 146 Å². The average molecular weight is 1510 g/mol. The van der Waals surface area contributed by atoms with Gasteiger partial charge in [0.1, 0.15) is 23.6 Å². The molecule has 0 radical (unpaired) electrons. The lowest BCUT2D eigenvalue weighted by atomic mass is 10.00. The van der Waals surface area contributed by atoms with Crippen LogP contribution in [0.15, 0.2) is 223 Å². The summed E-state index contributed by atoms with van der Waals surface area (Å²) in [5.74, 6) is -4.94. The maximum Gasteiger partial charge on any atom is 0.471 e. The number of alkyl halides is 6. The number of nitrogens with one attached hydrogen (secondary N) is 4. The van der Waals surface area contributed by atoms with Gasteiger partial charge in [-0.15, -0.1) is 0 Å². The van der Waals surface area contributed by atoms with E-state index in [9.17, 15) is 55.9 Å². The first-order valence-corrected chi connectivity index (χ1v) is 34.8. The fraction of sp³-hybridized carbons (Fsp3) is 0.225. The highest BCUT2D eigenvalue weighted by molar-refractivity contribution is 6.34. The van der Waals surface area contributed by atoms with Crippen LogP contribution in [-0.2, 0) is 77.4 Å². The molecule has 552 valence electrons. The van der Waals surface area contributed by atoms with E-state index in [-0.39, 0.29) is 57.0 Å². The second-order valence-corrected chi connectivity index (χ2v) is 25.9. The summed E-state index contributed by atoms with van der Waals surface area (Å²) in [5, 5.41) is 56.9. The number of carboxylic acids is 1. The summed E-state index contributed by atoms with van der Waals surface area (Å²) in [4.78, 5) is 50.9. The van der Waals surface area contributed by atoms with Crippen molar-refractivity contribution in [2.75, 3.05) is 55.2 Å². The molecule has 9 aromatic rings. The van der Waals surface area contributed by atoms with Gasteiger partial charge in [0, 0.05) is 79.2 Å². The lowest BCUT2D eigenvalue weighted by molar-refractivity contribution is -0.206. The van der Waals surface area contributed by atoms with Gasteiger partial charge in [-0.3, -0.25) is 19.2 Å². The van der Waals surface area contributed by atoms with Crippen molar-refractivity contribution in [1.82, 2.24) is 15.1 Å². The molecule has 0 spiro atoms. The molecule has 26 heteroatoms. The third kappa shape index (κ3) is 21.7. The normalized spacial score (nSPS) is 13.6. The molecule has 9 aromatic carbocycles. The van der Waals surface area contributed by atoms with Crippen molar-refractivity contribution in [1.29, 1.82) is 0 Å². The van der Waals surface area contributed by atoms with Crippen LogP contribution in [0.2, 0.25) is 15.1 Å². The average Bonchev–Trinajstić information content (AvgIpc) is 1.54. The third-order valence-corrected chi connectivity index (χ3v) is 18.7. The molecule has 2 amide bonds. The topological polar surface area (TPSA) is 238 Å². The van der Waals surface area contributed by atoms with Crippen LogP contribution >= 0.6 is 34.8 Å². The van der Waals surface area contributed by atoms with Crippen molar-refractivity contribution in [3.8, 4) is 0 Å². The second-order valence-electron chi connectivity index (χ2n) is 24.7. The molecule has 0 atom stereocenters. The molecule has 106 heavy (non-hydrogen) atoms. The van der Waals surface area contributed by atoms with Crippen molar-refractivity contribution in [3.63, 3.8) is 0 Å². The highest BCUT2D eigenvalue weighted by Gasteiger charge is 2.44. The van der Waals surface area contributed by atoms with E-state index in [1.54, 1.807) is 48.5 Å². The van der Waals surface area contributed by atoms with E-state index in [0.29, 0.717) is 76.4 Å². The SMILES string of the molecule is C=C(CC(=O)O)OO.O=C(N1CCc2ccc(Cl)c(NCc3ccc(C(=NO)c4ccccc4)cc3)c2CC1)C(F)(F)F.O=C(c1ccccc1)c1ccc(CNc2c(Cl)ccc3c2CCN(C(=O)C(F)(F)F)CC3)cc1.ON=C(c1ccccc1)c1ccc(CNc2c(Cl)ccc3c2CCNCC3)cc1. The number of carbonyl (C=O) groups is 4. The minimum Gasteiger partial charge on any atom is -0.481 e. The fourth-order valence-corrected chi connectivity index (χ4v) is 13.0. The number of nitrogens with zero attached hydrogens (tertiary/aromatic N) is 4. The lowest BCUT2D eigenvalue weighted by Crippen LogP contribution is -2.42. The summed E-state index contributed by atoms with van der Waals surface area (Å²) >= 11 is 19.4. The molecule has 0 aliphatic carbocycles. The van der Waals surface area contributed by atoms with Gasteiger partial charge < -0.3 is 51.5 Å². The van der Waals surface area contributed by atoms with Gasteiger partial charge in [-0.2, -0.15) is 26.3 Å². The van der Waals surface area contributed by atoms with E-state index >= 15 is 0 Å². The fourth-order valence-electron chi connectivity index (χ4n) is 12.3. The molecule has 0 saturated heterocycles. The van der Waals surface area contributed by atoms with Gasteiger partial charge in [-0.1, -0.05) is 234 Å². The highest BCUT2D eigenvalue weighted by atomic mass is 35.5. The smallest absolute Gasteiger partial charge is 0.471 e. The van der Waals surface area contributed by atoms with Crippen molar-refractivity contribution in [2.24, 2.45) is 10.3 Å². The Morgan fingerprint density at radius 3 is 1.09 bits per heavy atom. The second kappa shape index (κ2) is 37.8. The number of carboxylic acid groups (broad SMARTS) is 1. The van der Waals surface area contributed by atoms with Gasteiger partial charge in [0.15, 0.2) is 5.78 Å². The van der Waals surface area contributed by atoms with Crippen molar-refractivity contribution >= 4 is 86.9 Å². The molecule has 3 heterocycles. The Morgan fingerprint density at radius 2 is 0.755 bits per heavy atom. The van der Waals surface area contributed by atoms with Gasteiger partial charge in [0.2, 0.25) is 0 Å². The number of ketones is 1. The minimum absolute atomic E-state index is 0.00329. The molecule has 0 bridgehead atoms. The van der Waals surface area contributed by atoms with Crippen LogP contribution in [0.3, 0.4) is 0 Å². The molecule has 8 N–H and O–H groups in total. The van der Waals surface area contributed by atoms with Gasteiger partial charge in [0.25, 0.3) is 0 Å². The number of benzene rings is 9. The largest absolute Gasteiger partial charge is 0.481 e. The third-order valence-electron chi connectivity index (χ3n) is 17.7. The molecule has 0 aromatic heterocycles. The monoisotopic (exact) mass is 1510 g/mol. The molecule has 0 fully saturated rings. The van der Waals surface area contributed by atoms with E-state index in [0.717, 1.165) is 108 Å². The Kier molecular flexibility index (Phi) is 28.4. The Bertz CT molecular complexity index is 4580. The quantitative estimate of drug-likeness (QED) is 0.00760. The van der Waals surface area contributed by atoms with Crippen molar-refractivity contribution < 1.29 is 71.2 Å². The van der Waals surface area contributed by atoms with E-state index in [1.165, 1.54) is 11.1 Å². The molecule has 17 nitrogen and oxygen atoms in total. The summed E-state index contributed by atoms with van der Waals surface area (Å²) in [6.07, 6.45) is -6.96. The number of hydrogen-bond donors (Lipinski definition) is 8. The van der Waals surface area contributed by atoms with Crippen LogP contribution in [0.5, 0.6) is 0 Å². The van der Waals surface area contributed by atoms with Crippen molar-refractivity contribution in [2.45, 2.75) is 76.9 Å². The molecule has 3 aliphatic rings. The van der Waals surface area contributed by atoms with Gasteiger partial charge in [0.05, 0.1) is 32.1 Å². The number of halogens is 9. The van der Waals surface area contributed by atoms with Crippen molar-refractivity contribution in [3.05, 3.63) is 311 Å². The summed E-state index contributed by atoms with van der Waals surface area (Å²) in [6.45, 7) is 6.51. The predicted molar refractivity (Wildman–Crippen MR) is 399 cm³/mol. The first-order valence-electron chi connectivity index (χ1n) is 33.6. The number of rotatable bonds is 18. The lowest BCUT2D eigenvalue weighted by Gasteiger charge is -2.21. The number of hydrogen-bond acceptors (Lipinski definition) is 14. The minimum atomic E-state index is -4.89. The predicted octanol–water partition coefficient (Wildman–Crippen LogP) is 16.7. The van der Waals surface area contributed by atoms with E-state index in [2.05, 4.69) is 49.1 Å². The number of amides is 2. The summed E-state index contributed by atoms with van der Waals surface area (Å²) in [6, 6.07) is 62.0. The first-order chi connectivity index (χ1) is 50.9. The van der Waals surface area contributed by atoms with Gasteiger partial charge in [-0.25, -0.2) is 5.26 Å². The Labute approximate surface area is 623 Å². The van der Waals surface area contributed by atoms with Gasteiger partial charge in [-0.05, 0) is 120 Å². The number of oxime groups is 2. The zero-order valence-electron chi connectivity index (χ0n) is 57.1. The maximum absolute atomic E-state index is 12.9. The Morgan fingerprint density at radius 1 is 0.443 bits per heavy atom. The van der Waals surface area contributed by atoms with Crippen LogP contribution in [0, 0.1) is 0 Å². The number of fused-ring (bicyclic) bond motifs is 3. The number of carbonyl (C=O) groups excluding carboxylic acids is 3. The zero-order valence-corrected chi connectivity index (χ0v) is 59.4. The maximum atomic E-state index is 12.9. The first kappa shape index (κ1) is 79.4. The van der Waals surface area contributed by atoms with Crippen LogP contribution in [0.4, 0.5) is 43.4 Å². The van der Waals surface area contributed by atoms with Crippen LogP contribution < -0.4 is 21.3 Å². The molecular weight excluding hydrogens is 1440 g/mol. The summed E-state index contributed by atoms with van der Waals surface area (Å²) in [7, 11) is 0. The number of anilines is 3. The van der Waals surface area contributed by atoms with Gasteiger partial charge >= 0.3 is 30.1 Å². The summed E-state index contributed by atoms with van der Waals surface area (Å²) in [5.41, 5.74) is 16.9. The standard InChI is InChI=1S/C26H23ClF3N3O2.C26H22ClF3N2O2.C24H24ClN3O.C4H6O4/c27-22-11-10-18-12-14-33(25(34)26(28,29)30)15-13-21(18)24(22)31-16-17-6-8-20(9-7-17)23(32-35)19-4-2-1-3-5-19;27-22-11-10-18-12-14-32(25(34)26(28,29)30)15-13-21(18)23(22)31-16-17-6-8-20(9-7-17)24(33)19-4-2-1-3-5-19;25-22-11-10-18-12-14-26-15-13-21(18)24(22)27-16-17-6-8-20(9-7-17)23(28-29)19-4-2-1-3-5-19;1-3(8-7)2-4(5)6/h1-11,31,35H,12-16H2;1-11,31H,12-16H2;1-11,26-27,29H,12-16H2;7H,1-2H2,(H,5,6). The molecule has 0 unspecified atom stereocenters. The molecule has 3 aliphatic heterocycles. The molecular formula is C80H75Cl3F6N8O9. The van der Waals surface area contributed by atoms with E-state index in [4.69, 9.17) is 45.2 Å². The Balaban J connectivity index is 0.000000175. The van der Waals surface area contributed by atoms with E-state index < -0.39 is 30.1 Å². The Hall–Kier alpha value is -10.7. The van der Waals surface area contributed by atoms with Crippen LogP contribution in [-0.4, -0.2) is 117 Å². The highest BCUT2D eigenvalue weighted by Crippen LogP contribution is 2.36.